The number of nitrogens with zero attached hydrogens (tertiary/aromatic N) is 4. The van der Waals surface area contributed by atoms with Gasteiger partial charge in [-0.15, -0.1) is 11.3 Å². The van der Waals surface area contributed by atoms with Gasteiger partial charge in [-0.25, -0.2) is 4.98 Å². The number of benzene rings is 1. The second kappa shape index (κ2) is 9.02. The standard InChI is InChI=1S/C24H30ClN5S/c1-26-19-10-11-29(2)20(19)14-16-8-12-30(13-9-16)22-21-18(17-6-4-3-5-7-17)15-31-23(21)28-24(25)27-22/h3-7,15-16,19-20,26H,8-14H2,1-2H3. The molecule has 0 radical (unpaired) electrons. The van der Waals surface area contributed by atoms with Gasteiger partial charge < -0.3 is 15.1 Å². The molecule has 1 aromatic carbocycles. The van der Waals surface area contributed by atoms with Crippen LogP contribution >= 0.6 is 22.9 Å². The minimum atomic E-state index is 0.343. The van der Waals surface area contributed by atoms with Crippen LogP contribution in [0.2, 0.25) is 5.28 Å². The molecule has 4 heterocycles. The van der Waals surface area contributed by atoms with Gasteiger partial charge >= 0.3 is 0 Å². The van der Waals surface area contributed by atoms with Crippen molar-refractivity contribution in [1.82, 2.24) is 20.2 Å². The molecule has 1 N–H and O–H groups in total. The van der Waals surface area contributed by atoms with Gasteiger partial charge in [0.05, 0.1) is 5.39 Å². The number of likely N-dealkylation sites (N-methyl/N-ethyl adjacent to an activating group) is 2. The quantitative estimate of drug-likeness (QED) is 0.554. The van der Waals surface area contributed by atoms with Crippen LogP contribution in [0.5, 0.6) is 0 Å². The topological polar surface area (TPSA) is 44.3 Å². The molecule has 2 unspecified atom stereocenters. The summed E-state index contributed by atoms with van der Waals surface area (Å²) in [6.07, 6.45) is 4.95. The highest BCUT2D eigenvalue weighted by atomic mass is 35.5. The van der Waals surface area contributed by atoms with E-state index in [-0.39, 0.29) is 0 Å². The molecule has 5 rings (SSSR count). The molecule has 164 valence electrons. The Bertz CT molecular complexity index is 1030. The van der Waals surface area contributed by atoms with Crippen molar-refractivity contribution in [3.05, 3.63) is 41.0 Å². The summed E-state index contributed by atoms with van der Waals surface area (Å²) < 4.78 is 0. The zero-order valence-electron chi connectivity index (χ0n) is 18.2. The van der Waals surface area contributed by atoms with Crippen molar-refractivity contribution in [2.24, 2.45) is 5.92 Å². The number of likely N-dealkylation sites (tertiary alicyclic amines) is 1. The van der Waals surface area contributed by atoms with Crippen LogP contribution in [0.1, 0.15) is 25.7 Å². The van der Waals surface area contributed by atoms with Gasteiger partial charge in [0, 0.05) is 36.1 Å². The number of fused-ring (bicyclic) bond motifs is 1. The van der Waals surface area contributed by atoms with Crippen molar-refractivity contribution >= 4 is 39.0 Å². The largest absolute Gasteiger partial charge is 0.356 e. The van der Waals surface area contributed by atoms with E-state index in [2.05, 4.69) is 69.9 Å². The summed E-state index contributed by atoms with van der Waals surface area (Å²) in [6.45, 7) is 3.25. The summed E-state index contributed by atoms with van der Waals surface area (Å²) in [5.41, 5.74) is 2.41. The molecule has 0 saturated carbocycles. The Morgan fingerprint density at radius 2 is 1.87 bits per heavy atom. The van der Waals surface area contributed by atoms with Crippen LogP contribution in [0.3, 0.4) is 0 Å². The van der Waals surface area contributed by atoms with Crippen molar-refractivity contribution in [2.45, 2.75) is 37.8 Å². The molecule has 2 fully saturated rings. The Kier molecular flexibility index (Phi) is 6.15. The molecule has 3 aromatic rings. The van der Waals surface area contributed by atoms with Crippen LogP contribution in [-0.2, 0) is 0 Å². The summed E-state index contributed by atoms with van der Waals surface area (Å²) in [6, 6.07) is 11.8. The molecular weight excluding hydrogens is 426 g/mol. The van der Waals surface area contributed by atoms with E-state index < -0.39 is 0 Å². The summed E-state index contributed by atoms with van der Waals surface area (Å²) in [5, 5.41) is 7.21. The third kappa shape index (κ3) is 4.19. The first kappa shape index (κ1) is 21.1. The number of thiophene rings is 1. The Hall–Kier alpha value is -1.73. The number of aromatic nitrogens is 2. The monoisotopic (exact) mass is 455 g/mol. The van der Waals surface area contributed by atoms with Gasteiger partial charge in [-0.05, 0) is 69.4 Å². The highest BCUT2D eigenvalue weighted by molar-refractivity contribution is 7.17. The molecule has 0 amide bonds. The van der Waals surface area contributed by atoms with Crippen molar-refractivity contribution in [3.8, 4) is 11.1 Å². The zero-order valence-corrected chi connectivity index (χ0v) is 19.8. The lowest BCUT2D eigenvalue weighted by molar-refractivity contribution is 0.221. The van der Waals surface area contributed by atoms with E-state index in [1.807, 2.05) is 0 Å². The van der Waals surface area contributed by atoms with Gasteiger partial charge in [-0.3, -0.25) is 0 Å². The number of piperidine rings is 1. The zero-order chi connectivity index (χ0) is 21.4. The van der Waals surface area contributed by atoms with E-state index in [0.29, 0.717) is 17.4 Å². The molecule has 7 heteroatoms. The molecule has 2 aromatic heterocycles. The fraction of sp³-hybridized carbons (Fsp3) is 0.500. The average molecular weight is 456 g/mol. The van der Waals surface area contributed by atoms with E-state index in [1.54, 1.807) is 11.3 Å². The maximum absolute atomic E-state index is 6.33. The van der Waals surface area contributed by atoms with Crippen LogP contribution in [-0.4, -0.2) is 60.7 Å². The Balaban J connectivity index is 1.37. The fourth-order valence-electron chi connectivity index (χ4n) is 5.37. The molecular formula is C24H30ClN5S. The van der Waals surface area contributed by atoms with Crippen molar-refractivity contribution in [2.75, 3.05) is 38.6 Å². The number of nitrogens with one attached hydrogen (secondary N) is 1. The number of rotatable bonds is 5. The summed E-state index contributed by atoms with van der Waals surface area (Å²) in [4.78, 5) is 15.2. The highest BCUT2D eigenvalue weighted by Crippen LogP contribution is 2.40. The van der Waals surface area contributed by atoms with Gasteiger partial charge in [0.25, 0.3) is 0 Å². The van der Waals surface area contributed by atoms with Crippen molar-refractivity contribution in [3.63, 3.8) is 0 Å². The molecule has 2 aliphatic rings. The van der Waals surface area contributed by atoms with Crippen LogP contribution in [0.25, 0.3) is 21.3 Å². The lowest BCUT2D eigenvalue weighted by Crippen LogP contribution is -2.43. The first-order valence-corrected chi connectivity index (χ1v) is 12.5. The molecule has 2 aliphatic heterocycles. The number of hydrogen-bond donors (Lipinski definition) is 1. The SMILES string of the molecule is CNC1CCN(C)C1CC1CCN(c2nc(Cl)nc3scc(-c4ccccc4)c23)CC1. The van der Waals surface area contributed by atoms with Crippen LogP contribution in [0.15, 0.2) is 35.7 Å². The van der Waals surface area contributed by atoms with Crippen LogP contribution in [0.4, 0.5) is 5.82 Å². The molecule has 0 aliphatic carbocycles. The van der Waals surface area contributed by atoms with E-state index in [0.717, 1.165) is 35.0 Å². The normalized spacial score (nSPS) is 23.1. The Morgan fingerprint density at radius 1 is 1.10 bits per heavy atom. The first-order valence-electron chi connectivity index (χ1n) is 11.3. The van der Waals surface area contributed by atoms with Gasteiger partial charge in [0.15, 0.2) is 0 Å². The maximum Gasteiger partial charge on any atom is 0.225 e. The lowest BCUT2D eigenvalue weighted by Gasteiger charge is -2.36. The minimum absolute atomic E-state index is 0.343. The predicted molar refractivity (Wildman–Crippen MR) is 131 cm³/mol. The third-order valence-corrected chi connectivity index (χ3v) is 8.20. The van der Waals surface area contributed by atoms with Crippen molar-refractivity contribution < 1.29 is 0 Å². The lowest BCUT2D eigenvalue weighted by atomic mass is 9.88. The fourth-order valence-corrected chi connectivity index (χ4v) is 6.52. The van der Waals surface area contributed by atoms with Gasteiger partial charge in [-0.1, -0.05) is 30.3 Å². The minimum Gasteiger partial charge on any atom is -0.356 e. The molecule has 0 bridgehead atoms. The van der Waals surface area contributed by atoms with E-state index in [1.165, 1.54) is 43.4 Å². The summed E-state index contributed by atoms with van der Waals surface area (Å²) in [5.74, 6) is 1.76. The van der Waals surface area contributed by atoms with Gasteiger partial charge in [-0.2, -0.15) is 4.98 Å². The van der Waals surface area contributed by atoms with E-state index in [9.17, 15) is 0 Å². The Labute approximate surface area is 193 Å². The van der Waals surface area contributed by atoms with Gasteiger partial charge in [0.2, 0.25) is 5.28 Å². The number of hydrogen-bond acceptors (Lipinski definition) is 6. The van der Waals surface area contributed by atoms with E-state index >= 15 is 0 Å². The average Bonchev–Trinajstić information content (AvgIpc) is 3.38. The molecule has 31 heavy (non-hydrogen) atoms. The molecule has 2 saturated heterocycles. The number of anilines is 1. The van der Waals surface area contributed by atoms with Crippen LogP contribution < -0.4 is 10.2 Å². The van der Waals surface area contributed by atoms with Crippen molar-refractivity contribution in [1.29, 1.82) is 0 Å². The summed E-state index contributed by atoms with van der Waals surface area (Å²) in [7, 11) is 4.38. The van der Waals surface area contributed by atoms with Crippen LogP contribution in [0, 0.1) is 5.92 Å². The maximum atomic E-state index is 6.33. The number of halogens is 1. The van der Waals surface area contributed by atoms with E-state index in [4.69, 9.17) is 16.6 Å². The van der Waals surface area contributed by atoms with Gasteiger partial charge in [0.1, 0.15) is 10.6 Å². The second-order valence-corrected chi connectivity index (χ2v) is 10.1. The Morgan fingerprint density at radius 3 is 2.61 bits per heavy atom. The summed E-state index contributed by atoms with van der Waals surface area (Å²) >= 11 is 7.98. The highest BCUT2D eigenvalue weighted by Gasteiger charge is 2.34. The third-order valence-electron chi connectivity index (χ3n) is 7.16. The molecule has 0 spiro atoms. The smallest absolute Gasteiger partial charge is 0.225 e. The second-order valence-electron chi connectivity index (χ2n) is 8.91. The predicted octanol–water partition coefficient (Wildman–Crippen LogP) is 4.91. The molecule has 2 atom stereocenters. The first-order chi connectivity index (χ1) is 15.1. The molecule has 5 nitrogen and oxygen atoms in total.